The average Bonchev–Trinajstić information content (AvgIpc) is 2.36. The first-order chi connectivity index (χ1) is 8.19. The number of aliphatic hydroxyl groups excluding tert-OH is 2. The average molecular weight is 250 g/mol. The van der Waals surface area contributed by atoms with Crippen LogP contribution in [0.1, 0.15) is 11.7 Å². The zero-order valence-corrected chi connectivity index (χ0v) is 9.58. The highest BCUT2D eigenvalue weighted by atomic mass is 32.1. The Morgan fingerprint density at radius 3 is 2.53 bits per heavy atom. The summed E-state index contributed by atoms with van der Waals surface area (Å²) in [5.41, 5.74) is 9.22. The maximum atomic E-state index is 9.74. The van der Waals surface area contributed by atoms with Crippen molar-refractivity contribution >= 4 is 23.1 Å². The lowest BCUT2D eigenvalue weighted by atomic mass is 10.0. The lowest BCUT2D eigenvalue weighted by Crippen LogP contribution is -2.20. The molecule has 88 valence electrons. The van der Waals surface area contributed by atoms with Gasteiger partial charge in [0.05, 0.1) is 23.5 Å². The van der Waals surface area contributed by atoms with Crippen molar-refractivity contribution < 1.29 is 10.2 Å². The largest absolute Gasteiger partial charge is 0.390 e. The van der Waals surface area contributed by atoms with Gasteiger partial charge in [0.25, 0.3) is 0 Å². The second-order valence-electron chi connectivity index (χ2n) is 3.22. The molecule has 0 aliphatic carbocycles. The van der Waals surface area contributed by atoms with Crippen LogP contribution in [0, 0.1) is 0 Å². The molecule has 1 aromatic carbocycles. The van der Waals surface area contributed by atoms with Crippen LogP contribution in [0.25, 0.3) is 10.4 Å². The molecule has 6 nitrogen and oxygen atoms in total. The van der Waals surface area contributed by atoms with E-state index in [4.69, 9.17) is 5.53 Å². The van der Waals surface area contributed by atoms with Crippen molar-refractivity contribution in [3.8, 4) is 0 Å². The van der Waals surface area contributed by atoms with Crippen LogP contribution >= 0.6 is 12.2 Å². The van der Waals surface area contributed by atoms with Crippen LogP contribution < -0.4 is 0 Å². The molecule has 0 heterocycles. The van der Waals surface area contributed by atoms with Gasteiger partial charge in [-0.2, -0.15) is 4.99 Å². The lowest BCUT2D eigenvalue weighted by molar-refractivity contribution is 0.0244. The molecule has 0 amide bonds. The van der Waals surface area contributed by atoms with E-state index in [1.165, 1.54) is 0 Å². The number of hydrogen-bond acceptors (Lipinski definition) is 5. The topological polar surface area (TPSA) is 102 Å². The SMILES string of the molecule is [N-]=[N+]=NCC(O)C(O)c1ccc(N=C=S)cc1. The van der Waals surface area contributed by atoms with Gasteiger partial charge in [0, 0.05) is 4.91 Å². The number of hydrogen-bond donors (Lipinski definition) is 2. The van der Waals surface area contributed by atoms with Gasteiger partial charge in [0.1, 0.15) is 6.10 Å². The van der Waals surface area contributed by atoms with Crippen molar-refractivity contribution in [1.82, 2.24) is 0 Å². The number of benzene rings is 1. The molecule has 1 aromatic rings. The van der Waals surface area contributed by atoms with Gasteiger partial charge in [-0.25, -0.2) is 0 Å². The van der Waals surface area contributed by atoms with E-state index in [9.17, 15) is 10.2 Å². The molecular formula is C10H10N4O2S. The van der Waals surface area contributed by atoms with E-state index in [0.717, 1.165) is 0 Å². The smallest absolute Gasteiger partial charge is 0.105 e. The molecule has 7 heteroatoms. The minimum absolute atomic E-state index is 0.183. The van der Waals surface area contributed by atoms with Gasteiger partial charge in [-0.15, -0.1) is 0 Å². The van der Waals surface area contributed by atoms with E-state index in [1.807, 2.05) is 0 Å². The third kappa shape index (κ3) is 3.96. The van der Waals surface area contributed by atoms with Gasteiger partial charge in [-0.05, 0) is 35.4 Å². The highest BCUT2D eigenvalue weighted by Crippen LogP contribution is 2.20. The molecule has 0 saturated carbocycles. The second-order valence-corrected chi connectivity index (χ2v) is 3.40. The van der Waals surface area contributed by atoms with Crippen molar-refractivity contribution in [2.75, 3.05) is 6.54 Å². The number of nitrogens with zero attached hydrogens (tertiary/aromatic N) is 4. The minimum atomic E-state index is -1.13. The normalized spacial score (nSPS) is 13.1. The predicted octanol–water partition coefficient (Wildman–Crippen LogP) is 2.13. The van der Waals surface area contributed by atoms with Gasteiger partial charge >= 0.3 is 0 Å². The molecule has 0 aliphatic heterocycles. The number of isothiocyanates is 1. The first-order valence-corrected chi connectivity index (χ1v) is 5.14. The molecule has 0 radical (unpaired) electrons. The molecular weight excluding hydrogens is 240 g/mol. The summed E-state index contributed by atoms with van der Waals surface area (Å²) in [6.45, 7) is -0.183. The molecule has 2 atom stereocenters. The van der Waals surface area contributed by atoms with Crippen LogP contribution in [0.15, 0.2) is 34.4 Å². The first-order valence-electron chi connectivity index (χ1n) is 4.74. The zero-order valence-electron chi connectivity index (χ0n) is 8.76. The fraction of sp³-hybridized carbons (Fsp3) is 0.300. The van der Waals surface area contributed by atoms with Crippen LogP contribution in [0.4, 0.5) is 5.69 Å². The molecule has 0 bridgehead atoms. The molecule has 1 rings (SSSR count). The summed E-state index contributed by atoms with van der Waals surface area (Å²) < 4.78 is 0. The standard InChI is InChI=1S/C10H10N4O2S/c11-14-13-5-9(15)10(16)7-1-3-8(4-2-7)12-6-17/h1-4,9-10,15-16H,5H2. The maximum absolute atomic E-state index is 9.74. The van der Waals surface area contributed by atoms with E-state index >= 15 is 0 Å². The van der Waals surface area contributed by atoms with Crippen molar-refractivity contribution in [3.63, 3.8) is 0 Å². The Morgan fingerprint density at radius 1 is 1.35 bits per heavy atom. The van der Waals surface area contributed by atoms with Gasteiger partial charge in [-0.1, -0.05) is 17.2 Å². The summed E-state index contributed by atoms with van der Waals surface area (Å²) in [5, 5.41) is 24.7. The Bertz CT molecular complexity index is 464. The summed E-state index contributed by atoms with van der Waals surface area (Å²) in [6.07, 6.45) is -2.24. The van der Waals surface area contributed by atoms with Crippen molar-refractivity contribution in [2.45, 2.75) is 12.2 Å². The molecule has 0 fully saturated rings. The Labute approximate surface area is 103 Å². The molecule has 0 aromatic heterocycles. The number of thiocarbonyl (C=S) groups is 1. The fourth-order valence-corrected chi connectivity index (χ4v) is 1.35. The highest BCUT2D eigenvalue weighted by Gasteiger charge is 2.17. The number of aliphatic imine (C=N–C) groups is 1. The van der Waals surface area contributed by atoms with Crippen molar-refractivity contribution in [1.29, 1.82) is 0 Å². The molecule has 0 aliphatic rings. The molecule has 17 heavy (non-hydrogen) atoms. The molecule has 2 unspecified atom stereocenters. The van der Waals surface area contributed by atoms with E-state index in [0.29, 0.717) is 11.3 Å². The van der Waals surface area contributed by atoms with Crippen LogP contribution in [0.2, 0.25) is 0 Å². The third-order valence-electron chi connectivity index (χ3n) is 2.11. The van der Waals surface area contributed by atoms with E-state index < -0.39 is 12.2 Å². The summed E-state index contributed by atoms with van der Waals surface area (Å²) in [4.78, 5) is 6.26. The Kier molecular flexibility index (Phi) is 5.29. The van der Waals surface area contributed by atoms with Gasteiger partial charge in [0.15, 0.2) is 0 Å². The summed E-state index contributed by atoms with van der Waals surface area (Å²) in [6, 6.07) is 6.49. The number of rotatable bonds is 5. The predicted molar refractivity (Wildman–Crippen MR) is 66.1 cm³/mol. The van der Waals surface area contributed by atoms with Gasteiger partial charge in [0.2, 0.25) is 0 Å². The van der Waals surface area contributed by atoms with Gasteiger partial charge in [-0.3, -0.25) is 0 Å². The highest BCUT2D eigenvalue weighted by molar-refractivity contribution is 7.78. The van der Waals surface area contributed by atoms with E-state index in [1.54, 1.807) is 24.3 Å². The van der Waals surface area contributed by atoms with E-state index in [-0.39, 0.29) is 6.54 Å². The van der Waals surface area contributed by atoms with Crippen LogP contribution in [-0.2, 0) is 0 Å². The monoisotopic (exact) mass is 250 g/mol. The second kappa shape index (κ2) is 6.75. The Hall–Kier alpha value is -1.75. The summed E-state index contributed by atoms with van der Waals surface area (Å²) in [5.74, 6) is 0. The Balaban J connectivity index is 2.78. The lowest BCUT2D eigenvalue weighted by Gasteiger charge is -2.16. The van der Waals surface area contributed by atoms with Crippen molar-refractivity contribution in [3.05, 3.63) is 40.3 Å². The van der Waals surface area contributed by atoms with Crippen LogP contribution in [0.5, 0.6) is 0 Å². The van der Waals surface area contributed by atoms with Crippen LogP contribution in [0.3, 0.4) is 0 Å². The third-order valence-corrected chi connectivity index (χ3v) is 2.20. The quantitative estimate of drug-likeness (QED) is 0.275. The Morgan fingerprint density at radius 2 is 2.00 bits per heavy atom. The maximum Gasteiger partial charge on any atom is 0.105 e. The minimum Gasteiger partial charge on any atom is -0.390 e. The molecule has 2 N–H and O–H groups in total. The number of azide groups is 1. The summed E-state index contributed by atoms with van der Waals surface area (Å²) >= 11 is 4.46. The zero-order chi connectivity index (χ0) is 12.7. The first kappa shape index (κ1) is 13.3. The fourth-order valence-electron chi connectivity index (χ4n) is 1.24. The van der Waals surface area contributed by atoms with E-state index in [2.05, 4.69) is 32.4 Å². The summed E-state index contributed by atoms with van der Waals surface area (Å²) in [7, 11) is 0. The molecule has 0 saturated heterocycles. The number of aliphatic hydroxyl groups is 2. The van der Waals surface area contributed by atoms with Gasteiger partial charge < -0.3 is 10.2 Å². The molecule has 0 spiro atoms. The van der Waals surface area contributed by atoms with Crippen molar-refractivity contribution in [2.24, 2.45) is 10.1 Å². The van der Waals surface area contributed by atoms with Crippen LogP contribution in [-0.4, -0.2) is 28.0 Å².